The van der Waals surface area contributed by atoms with Crippen molar-refractivity contribution >= 4 is 23.5 Å². The van der Waals surface area contributed by atoms with Gasteiger partial charge in [0, 0.05) is 24.1 Å². The average Bonchev–Trinajstić information content (AvgIpc) is 3.42. The standard InChI is InChI=1S/C19H21N5O2S/c1-13-11-14(23-26-13)12-27-19-16(7-4-9-20-19)18(25)22-17-8-10-21-24(17)15-5-2-3-6-15/h4,7-11,15H,2-3,5-6,12H2,1H3,(H,22,25). The zero-order chi connectivity index (χ0) is 18.6. The molecule has 27 heavy (non-hydrogen) atoms. The first-order chi connectivity index (χ1) is 13.2. The number of carbonyl (C=O) groups is 1. The molecule has 4 rings (SSSR count). The van der Waals surface area contributed by atoms with Gasteiger partial charge in [0.05, 0.1) is 23.5 Å². The Morgan fingerprint density at radius 3 is 2.96 bits per heavy atom. The topological polar surface area (TPSA) is 85.8 Å². The molecule has 0 radical (unpaired) electrons. The number of nitrogens with one attached hydrogen (secondary N) is 1. The number of hydrogen-bond donors (Lipinski definition) is 1. The van der Waals surface area contributed by atoms with Crippen LogP contribution in [0.2, 0.25) is 0 Å². The molecule has 1 saturated carbocycles. The second-order valence-corrected chi connectivity index (χ2v) is 7.59. The van der Waals surface area contributed by atoms with Crippen molar-refractivity contribution in [2.75, 3.05) is 5.32 Å². The van der Waals surface area contributed by atoms with Gasteiger partial charge in [-0.05, 0) is 31.9 Å². The number of anilines is 1. The van der Waals surface area contributed by atoms with E-state index >= 15 is 0 Å². The first-order valence-electron chi connectivity index (χ1n) is 9.05. The lowest BCUT2D eigenvalue weighted by Gasteiger charge is -2.15. The predicted octanol–water partition coefficient (Wildman–Crippen LogP) is 4.23. The lowest BCUT2D eigenvalue weighted by Crippen LogP contribution is -2.18. The highest BCUT2D eigenvalue weighted by atomic mass is 32.2. The smallest absolute Gasteiger partial charge is 0.259 e. The van der Waals surface area contributed by atoms with Crippen molar-refractivity contribution in [2.45, 2.75) is 49.4 Å². The van der Waals surface area contributed by atoms with Crippen LogP contribution in [-0.2, 0) is 5.75 Å². The van der Waals surface area contributed by atoms with Crippen molar-refractivity contribution in [3.8, 4) is 0 Å². The van der Waals surface area contributed by atoms with Gasteiger partial charge in [0.2, 0.25) is 0 Å². The second-order valence-electron chi connectivity index (χ2n) is 6.63. The minimum absolute atomic E-state index is 0.179. The molecular weight excluding hydrogens is 362 g/mol. The fourth-order valence-corrected chi connectivity index (χ4v) is 4.22. The van der Waals surface area contributed by atoms with Crippen molar-refractivity contribution in [1.29, 1.82) is 0 Å². The minimum atomic E-state index is -0.179. The number of amides is 1. The lowest BCUT2D eigenvalue weighted by atomic mass is 10.2. The van der Waals surface area contributed by atoms with Gasteiger partial charge in [-0.25, -0.2) is 9.67 Å². The maximum atomic E-state index is 12.9. The van der Waals surface area contributed by atoms with Crippen molar-refractivity contribution < 1.29 is 9.32 Å². The van der Waals surface area contributed by atoms with Crippen LogP contribution in [0.25, 0.3) is 0 Å². The van der Waals surface area contributed by atoms with Crippen LogP contribution < -0.4 is 5.32 Å². The zero-order valence-corrected chi connectivity index (χ0v) is 15.9. The van der Waals surface area contributed by atoms with Gasteiger partial charge in [-0.2, -0.15) is 5.10 Å². The van der Waals surface area contributed by atoms with E-state index in [1.165, 1.54) is 24.6 Å². The number of rotatable bonds is 6. The molecule has 0 aliphatic heterocycles. The SMILES string of the molecule is Cc1cc(CSc2ncccc2C(=O)Nc2ccnn2C2CCCC2)no1. The van der Waals surface area contributed by atoms with E-state index in [-0.39, 0.29) is 5.91 Å². The second kappa shape index (κ2) is 7.96. The number of aromatic nitrogens is 4. The number of nitrogens with zero attached hydrogens (tertiary/aromatic N) is 4. The third-order valence-corrected chi connectivity index (χ3v) is 5.67. The Balaban J connectivity index is 1.48. The Morgan fingerprint density at radius 2 is 2.19 bits per heavy atom. The average molecular weight is 383 g/mol. The van der Waals surface area contributed by atoms with Gasteiger partial charge in [0.25, 0.3) is 5.91 Å². The third-order valence-electron chi connectivity index (χ3n) is 4.63. The molecule has 0 atom stereocenters. The van der Waals surface area contributed by atoms with Crippen LogP contribution >= 0.6 is 11.8 Å². The van der Waals surface area contributed by atoms with E-state index in [0.717, 1.165) is 30.1 Å². The van der Waals surface area contributed by atoms with Gasteiger partial charge in [-0.15, -0.1) is 0 Å². The summed E-state index contributed by atoms with van der Waals surface area (Å²) in [5.74, 6) is 1.92. The molecule has 3 heterocycles. The molecule has 1 fully saturated rings. The molecule has 3 aromatic heterocycles. The molecule has 8 heteroatoms. The quantitative estimate of drug-likeness (QED) is 0.641. The number of carbonyl (C=O) groups excluding carboxylic acids is 1. The van der Waals surface area contributed by atoms with Gasteiger partial charge in [0.15, 0.2) is 0 Å². The molecule has 1 amide bonds. The lowest BCUT2D eigenvalue weighted by molar-refractivity contribution is 0.102. The highest BCUT2D eigenvalue weighted by Crippen LogP contribution is 2.31. The molecule has 0 bridgehead atoms. The van der Waals surface area contributed by atoms with Gasteiger partial charge >= 0.3 is 0 Å². The molecule has 0 unspecified atom stereocenters. The predicted molar refractivity (Wildman–Crippen MR) is 103 cm³/mol. The number of hydrogen-bond acceptors (Lipinski definition) is 6. The van der Waals surface area contributed by atoms with E-state index in [0.29, 0.717) is 22.4 Å². The number of pyridine rings is 1. The van der Waals surface area contributed by atoms with Crippen molar-refractivity contribution in [3.63, 3.8) is 0 Å². The van der Waals surface area contributed by atoms with Crippen LogP contribution in [0.15, 0.2) is 46.2 Å². The summed E-state index contributed by atoms with van der Waals surface area (Å²) in [5, 5.41) is 12.1. The van der Waals surface area contributed by atoms with Crippen LogP contribution in [0.1, 0.15) is 53.5 Å². The van der Waals surface area contributed by atoms with Crippen LogP contribution in [0.3, 0.4) is 0 Å². The summed E-state index contributed by atoms with van der Waals surface area (Å²) in [4.78, 5) is 17.2. The Bertz CT molecular complexity index is 930. The zero-order valence-electron chi connectivity index (χ0n) is 15.1. The first kappa shape index (κ1) is 17.8. The van der Waals surface area contributed by atoms with Crippen molar-refractivity contribution in [3.05, 3.63) is 53.7 Å². The van der Waals surface area contributed by atoms with E-state index in [9.17, 15) is 4.79 Å². The van der Waals surface area contributed by atoms with Crippen LogP contribution in [0.4, 0.5) is 5.82 Å². The number of thioether (sulfide) groups is 1. The molecule has 7 nitrogen and oxygen atoms in total. The van der Waals surface area contributed by atoms with Gasteiger partial charge < -0.3 is 9.84 Å². The Hall–Kier alpha value is -2.61. The highest BCUT2D eigenvalue weighted by molar-refractivity contribution is 7.98. The summed E-state index contributed by atoms with van der Waals surface area (Å²) < 4.78 is 7.03. The van der Waals surface area contributed by atoms with Crippen molar-refractivity contribution in [1.82, 2.24) is 19.9 Å². The fourth-order valence-electron chi connectivity index (χ4n) is 3.34. The molecule has 1 aliphatic rings. The summed E-state index contributed by atoms with van der Waals surface area (Å²) in [6.07, 6.45) is 8.06. The van der Waals surface area contributed by atoms with E-state index in [1.807, 2.05) is 23.7 Å². The van der Waals surface area contributed by atoms with Crippen LogP contribution in [-0.4, -0.2) is 25.8 Å². The molecule has 3 aromatic rings. The highest BCUT2D eigenvalue weighted by Gasteiger charge is 2.21. The fraction of sp³-hybridized carbons (Fsp3) is 0.368. The normalized spacial score (nSPS) is 14.6. The molecule has 140 valence electrons. The molecular formula is C19H21N5O2S. The van der Waals surface area contributed by atoms with Gasteiger partial charge in [-0.1, -0.05) is 29.8 Å². The van der Waals surface area contributed by atoms with E-state index < -0.39 is 0 Å². The summed E-state index contributed by atoms with van der Waals surface area (Å²) in [6.45, 7) is 1.86. The maximum Gasteiger partial charge on any atom is 0.259 e. The number of aryl methyl sites for hydroxylation is 1. The molecule has 1 aliphatic carbocycles. The largest absolute Gasteiger partial charge is 0.361 e. The molecule has 1 N–H and O–H groups in total. The Kier molecular flexibility index (Phi) is 5.24. The molecule has 0 aromatic carbocycles. The molecule has 0 spiro atoms. The van der Waals surface area contributed by atoms with E-state index in [4.69, 9.17) is 4.52 Å². The monoisotopic (exact) mass is 383 g/mol. The molecule has 0 saturated heterocycles. The van der Waals surface area contributed by atoms with E-state index in [2.05, 4.69) is 20.6 Å². The summed E-state index contributed by atoms with van der Waals surface area (Å²) >= 11 is 1.47. The summed E-state index contributed by atoms with van der Waals surface area (Å²) in [7, 11) is 0. The van der Waals surface area contributed by atoms with E-state index in [1.54, 1.807) is 24.5 Å². The van der Waals surface area contributed by atoms with Crippen molar-refractivity contribution in [2.24, 2.45) is 0 Å². The Labute approximate surface area is 161 Å². The summed E-state index contributed by atoms with van der Waals surface area (Å²) in [6, 6.07) is 7.66. The van der Waals surface area contributed by atoms with Crippen LogP contribution in [0.5, 0.6) is 0 Å². The first-order valence-corrected chi connectivity index (χ1v) is 10.0. The Morgan fingerprint density at radius 1 is 1.33 bits per heavy atom. The third kappa shape index (κ3) is 4.05. The maximum absolute atomic E-state index is 12.9. The minimum Gasteiger partial charge on any atom is -0.361 e. The van der Waals surface area contributed by atoms with Gasteiger partial charge in [0.1, 0.15) is 16.6 Å². The van der Waals surface area contributed by atoms with Gasteiger partial charge in [-0.3, -0.25) is 4.79 Å². The van der Waals surface area contributed by atoms with Crippen LogP contribution in [0, 0.1) is 6.92 Å². The summed E-state index contributed by atoms with van der Waals surface area (Å²) in [5.41, 5.74) is 1.37.